The van der Waals surface area contributed by atoms with Crippen LogP contribution in [0.15, 0.2) is 12.2 Å². The van der Waals surface area contributed by atoms with Crippen molar-refractivity contribution < 1.29 is 9.47 Å². The number of hydrogen-bond donors (Lipinski definition) is 1. The molecular weight excluding hydrogens is 190 g/mol. The Bertz CT molecular complexity index is 168. The zero-order valence-electron chi connectivity index (χ0n) is 9.87. The van der Waals surface area contributed by atoms with Crippen molar-refractivity contribution in [3.8, 4) is 0 Å². The van der Waals surface area contributed by atoms with E-state index < -0.39 is 0 Å². The molecule has 0 aliphatic heterocycles. The molecule has 0 bridgehead atoms. The lowest BCUT2D eigenvalue weighted by Crippen LogP contribution is -2.31. The van der Waals surface area contributed by atoms with Crippen LogP contribution in [0.25, 0.3) is 0 Å². The third-order valence-electron chi connectivity index (χ3n) is 2.53. The monoisotopic (exact) mass is 213 g/mol. The van der Waals surface area contributed by atoms with Gasteiger partial charge in [-0.3, -0.25) is 0 Å². The molecule has 0 aromatic carbocycles. The summed E-state index contributed by atoms with van der Waals surface area (Å²) in [6, 6.07) is 0.633. The van der Waals surface area contributed by atoms with Crippen LogP contribution in [-0.4, -0.2) is 32.1 Å². The molecule has 1 rings (SSSR count). The summed E-state index contributed by atoms with van der Waals surface area (Å²) >= 11 is 0. The first-order valence-corrected chi connectivity index (χ1v) is 5.98. The Morgan fingerprint density at radius 3 is 2.33 bits per heavy atom. The summed E-state index contributed by atoms with van der Waals surface area (Å²) in [5.74, 6) is 0. The van der Waals surface area contributed by atoms with E-state index >= 15 is 0 Å². The highest BCUT2D eigenvalue weighted by molar-refractivity contribution is 4.97. The zero-order chi connectivity index (χ0) is 10.9. The van der Waals surface area contributed by atoms with Gasteiger partial charge in [0.25, 0.3) is 0 Å². The normalized spacial score (nSPS) is 16.7. The highest BCUT2D eigenvalue weighted by Gasteiger charge is 2.11. The van der Waals surface area contributed by atoms with Gasteiger partial charge in [-0.15, -0.1) is 0 Å². The second-order valence-corrected chi connectivity index (χ2v) is 3.72. The van der Waals surface area contributed by atoms with Gasteiger partial charge in [-0.1, -0.05) is 12.2 Å². The van der Waals surface area contributed by atoms with Gasteiger partial charge < -0.3 is 14.8 Å². The lowest BCUT2D eigenvalue weighted by molar-refractivity contribution is -0.138. The molecule has 0 spiro atoms. The minimum Gasteiger partial charge on any atom is -0.353 e. The molecule has 0 atom stereocenters. The molecule has 0 unspecified atom stereocenters. The minimum atomic E-state index is -0.0399. The summed E-state index contributed by atoms with van der Waals surface area (Å²) in [6.45, 7) is 6.41. The van der Waals surface area contributed by atoms with E-state index in [0.717, 1.165) is 39.0 Å². The van der Waals surface area contributed by atoms with Gasteiger partial charge in [-0.2, -0.15) is 0 Å². The van der Waals surface area contributed by atoms with E-state index in [1.54, 1.807) is 0 Å². The fourth-order valence-electron chi connectivity index (χ4n) is 1.78. The van der Waals surface area contributed by atoms with Crippen LogP contribution in [0.3, 0.4) is 0 Å². The number of nitrogens with one attached hydrogen (secondary N) is 1. The zero-order valence-corrected chi connectivity index (χ0v) is 9.87. The van der Waals surface area contributed by atoms with E-state index in [9.17, 15) is 0 Å². The van der Waals surface area contributed by atoms with Gasteiger partial charge in [0.2, 0.25) is 0 Å². The lowest BCUT2D eigenvalue weighted by atomic mass is 10.2. The van der Waals surface area contributed by atoms with Crippen molar-refractivity contribution >= 4 is 0 Å². The Morgan fingerprint density at radius 1 is 1.20 bits per heavy atom. The van der Waals surface area contributed by atoms with Gasteiger partial charge in [-0.05, 0) is 26.7 Å². The van der Waals surface area contributed by atoms with Crippen molar-refractivity contribution in [3.63, 3.8) is 0 Å². The maximum absolute atomic E-state index is 5.47. The van der Waals surface area contributed by atoms with Crippen LogP contribution >= 0.6 is 0 Å². The van der Waals surface area contributed by atoms with Crippen molar-refractivity contribution in [3.05, 3.63) is 12.2 Å². The van der Waals surface area contributed by atoms with Crippen molar-refractivity contribution in [2.24, 2.45) is 0 Å². The topological polar surface area (TPSA) is 30.5 Å². The molecule has 0 radical (unpaired) electrons. The van der Waals surface area contributed by atoms with Crippen LogP contribution in [0.5, 0.6) is 0 Å². The smallest absolute Gasteiger partial charge is 0.158 e. The van der Waals surface area contributed by atoms with Crippen LogP contribution in [0, 0.1) is 0 Å². The summed E-state index contributed by atoms with van der Waals surface area (Å²) in [4.78, 5) is 0. The fourth-order valence-corrected chi connectivity index (χ4v) is 1.78. The standard InChI is InChI=1S/C12H23NO2/c1-3-14-12(15-4-2)9-10-13-11-7-5-6-8-11/h5-6,11-13H,3-4,7-10H2,1-2H3. The second-order valence-electron chi connectivity index (χ2n) is 3.72. The van der Waals surface area contributed by atoms with Gasteiger partial charge in [0.15, 0.2) is 6.29 Å². The number of rotatable bonds is 8. The van der Waals surface area contributed by atoms with Crippen LogP contribution in [-0.2, 0) is 9.47 Å². The van der Waals surface area contributed by atoms with Crippen molar-refractivity contribution in [2.45, 2.75) is 45.4 Å². The molecule has 0 saturated carbocycles. The average Bonchev–Trinajstić information content (AvgIpc) is 2.71. The highest BCUT2D eigenvalue weighted by Crippen LogP contribution is 2.09. The van der Waals surface area contributed by atoms with Crippen LogP contribution in [0.1, 0.15) is 33.1 Å². The van der Waals surface area contributed by atoms with E-state index in [1.807, 2.05) is 13.8 Å². The van der Waals surface area contributed by atoms with Crippen LogP contribution < -0.4 is 5.32 Å². The van der Waals surface area contributed by atoms with Gasteiger partial charge in [0, 0.05) is 32.2 Å². The molecule has 3 heteroatoms. The molecular formula is C12H23NO2. The van der Waals surface area contributed by atoms with Gasteiger partial charge in [0.05, 0.1) is 0 Å². The molecule has 0 amide bonds. The molecule has 0 fully saturated rings. The molecule has 1 N–H and O–H groups in total. The van der Waals surface area contributed by atoms with Gasteiger partial charge >= 0.3 is 0 Å². The predicted molar refractivity (Wildman–Crippen MR) is 61.8 cm³/mol. The van der Waals surface area contributed by atoms with Crippen molar-refractivity contribution in [2.75, 3.05) is 19.8 Å². The predicted octanol–water partition coefficient (Wildman–Crippen LogP) is 2.08. The first-order chi connectivity index (χ1) is 7.36. The van der Waals surface area contributed by atoms with Crippen LogP contribution in [0.2, 0.25) is 0 Å². The third-order valence-corrected chi connectivity index (χ3v) is 2.53. The largest absolute Gasteiger partial charge is 0.353 e. The quantitative estimate of drug-likeness (QED) is 0.494. The van der Waals surface area contributed by atoms with Crippen molar-refractivity contribution in [1.29, 1.82) is 0 Å². The lowest BCUT2D eigenvalue weighted by Gasteiger charge is -2.18. The summed E-state index contributed by atoms with van der Waals surface area (Å²) in [7, 11) is 0. The second kappa shape index (κ2) is 7.85. The fraction of sp³-hybridized carbons (Fsp3) is 0.833. The van der Waals surface area contributed by atoms with Gasteiger partial charge in [0.1, 0.15) is 0 Å². The molecule has 3 nitrogen and oxygen atoms in total. The molecule has 0 saturated heterocycles. The van der Waals surface area contributed by atoms with Crippen LogP contribution in [0.4, 0.5) is 0 Å². The van der Waals surface area contributed by atoms with Gasteiger partial charge in [-0.25, -0.2) is 0 Å². The van der Waals surface area contributed by atoms with E-state index in [4.69, 9.17) is 9.47 Å². The number of ether oxygens (including phenoxy) is 2. The average molecular weight is 213 g/mol. The molecule has 0 aromatic rings. The Morgan fingerprint density at radius 2 is 1.80 bits per heavy atom. The highest BCUT2D eigenvalue weighted by atomic mass is 16.7. The summed E-state index contributed by atoms with van der Waals surface area (Å²) in [5.41, 5.74) is 0. The molecule has 1 aliphatic rings. The van der Waals surface area contributed by atoms with E-state index in [2.05, 4.69) is 17.5 Å². The summed E-state index contributed by atoms with van der Waals surface area (Å²) in [6.07, 6.45) is 7.68. The van der Waals surface area contributed by atoms with E-state index in [0.29, 0.717) is 6.04 Å². The van der Waals surface area contributed by atoms with E-state index in [1.165, 1.54) is 0 Å². The first-order valence-electron chi connectivity index (χ1n) is 5.98. The maximum Gasteiger partial charge on any atom is 0.158 e. The SMILES string of the molecule is CCOC(CCNC1CC=CC1)OCC. The maximum atomic E-state index is 5.47. The Labute approximate surface area is 92.8 Å². The Kier molecular flexibility index (Phi) is 6.64. The third kappa shape index (κ3) is 5.30. The molecule has 0 aromatic heterocycles. The summed E-state index contributed by atoms with van der Waals surface area (Å²) in [5, 5.41) is 3.51. The minimum absolute atomic E-state index is 0.0399. The molecule has 15 heavy (non-hydrogen) atoms. The van der Waals surface area contributed by atoms with E-state index in [-0.39, 0.29) is 6.29 Å². The Balaban J connectivity index is 2.04. The first kappa shape index (κ1) is 12.7. The molecule has 1 aliphatic carbocycles. The van der Waals surface area contributed by atoms with Crippen molar-refractivity contribution in [1.82, 2.24) is 5.32 Å². The Hall–Kier alpha value is -0.380. The number of hydrogen-bond acceptors (Lipinski definition) is 3. The molecule has 88 valence electrons. The summed E-state index contributed by atoms with van der Waals surface area (Å²) < 4.78 is 10.9. The molecule has 0 heterocycles.